The Kier molecular flexibility index (Phi) is 6.02. The summed E-state index contributed by atoms with van der Waals surface area (Å²) >= 11 is 6.24. The molecule has 0 unspecified atom stereocenters. The van der Waals surface area contributed by atoms with Gasteiger partial charge in [-0.3, -0.25) is 4.79 Å². The van der Waals surface area contributed by atoms with E-state index in [-0.39, 0.29) is 10.6 Å². The van der Waals surface area contributed by atoms with Crippen molar-refractivity contribution in [3.63, 3.8) is 0 Å². The molecule has 2 rings (SSSR count). The van der Waals surface area contributed by atoms with Crippen LogP contribution in [0.1, 0.15) is 12.8 Å². The molecule has 0 atom stereocenters. The third kappa shape index (κ3) is 3.96. The molecule has 1 aromatic rings. The number of nitrogens with zero attached hydrogens (tertiary/aromatic N) is 3. The monoisotopic (exact) mass is 314 g/mol. The summed E-state index contributed by atoms with van der Waals surface area (Å²) in [6, 6.07) is 0. The summed E-state index contributed by atoms with van der Waals surface area (Å²) in [6.45, 7) is 3.72. The van der Waals surface area contributed by atoms with Crippen molar-refractivity contribution in [1.82, 2.24) is 15.1 Å². The van der Waals surface area contributed by atoms with Gasteiger partial charge in [-0.1, -0.05) is 11.6 Å². The van der Waals surface area contributed by atoms with Crippen LogP contribution in [-0.2, 0) is 11.3 Å². The van der Waals surface area contributed by atoms with Gasteiger partial charge in [0.2, 0.25) is 0 Å². The number of methoxy groups -OCH3 is 1. The van der Waals surface area contributed by atoms with E-state index in [1.54, 1.807) is 13.3 Å². The zero-order chi connectivity index (χ0) is 15.2. The first-order chi connectivity index (χ1) is 10.2. The molecule has 1 aliphatic heterocycles. The number of nitrogens with one attached hydrogen (secondary N) is 1. The van der Waals surface area contributed by atoms with E-state index in [4.69, 9.17) is 16.3 Å². The molecule has 0 saturated carbocycles. The number of hydrogen-bond acceptors (Lipinski definition) is 5. The topological polar surface area (TPSA) is 59.4 Å². The molecular formula is C14H23ClN4O2. The molecule has 118 valence electrons. The van der Waals surface area contributed by atoms with Gasteiger partial charge in [0.25, 0.3) is 5.56 Å². The Morgan fingerprint density at radius 3 is 2.81 bits per heavy atom. The highest BCUT2D eigenvalue weighted by Gasteiger charge is 2.22. The third-order valence-electron chi connectivity index (χ3n) is 3.92. The Bertz CT molecular complexity index is 512. The second-order valence-corrected chi connectivity index (χ2v) is 5.73. The fourth-order valence-corrected chi connectivity index (χ4v) is 2.95. The van der Waals surface area contributed by atoms with Crippen LogP contribution in [0.5, 0.6) is 0 Å². The minimum Gasteiger partial charge on any atom is -0.383 e. The van der Waals surface area contributed by atoms with E-state index in [1.165, 1.54) is 4.68 Å². The van der Waals surface area contributed by atoms with Crippen molar-refractivity contribution in [2.24, 2.45) is 5.92 Å². The van der Waals surface area contributed by atoms with E-state index in [1.807, 2.05) is 7.05 Å². The molecule has 1 aliphatic rings. The molecule has 1 saturated heterocycles. The van der Waals surface area contributed by atoms with Crippen LogP contribution >= 0.6 is 11.6 Å². The highest BCUT2D eigenvalue weighted by molar-refractivity contribution is 6.33. The first kappa shape index (κ1) is 16.3. The average molecular weight is 315 g/mol. The van der Waals surface area contributed by atoms with Crippen molar-refractivity contribution < 1.29 is 4.74 Å². The van der Waals surface area contributed by atoms with Gasteiger partial charge in [-0.25, -0.2) is 4.68 Å². The SMILES string of the molecule is CNCC1CCN(c2cnn(CCOC)c(=O)c2Cl)CC1. The molecule has 7 heteroatoms. The molecule has 6 nitrogen and oxygen atoms in total. The summed E-state index contributed by atoms with van der Waals surface area (Å²) in [5.41, 5.74) is 0.502. The van der Waals surface area contributed by atoms with Gasteiger partial charge in [-0.15, -0.1) is 0 Å². The molecule has 0 bridgehead atoms. The van der Waals surface area contributed by atoms with Gasteiger partial charge in [0.15, 0.2) is 0 Å². The van der Waals surface area contributed by atoms with Crippen LogP contribution in [0.15, 0.2) is 11.0 Å². The van der Waals surface area contributed by atoms with Gasteiger partial charge < -0.3 is 15.0 Å². The van der Waals surface area contributed by atoms with Crippen LogP contribution in [0.2, 0.25) is 5.02 Å². The third-order valence-corrected chi connectivity index (χ3v) is 4.28. The van der Waals surface area contributed by atoms with Crippen LogP contribution in [0, 0.1) is 5.92 Å². The predicted molar refractivity (Wildman–Crippen MR) is 84.2 cm³/mol. The summed E-state index contributed by atoms with van der Waals surface area (Å²) in [5, 5.41) is 7.67. The molecule has 2 heterocycles. The van der Waals surface area contributed by atoms with E-state index in [2.05, 4.69) is 15.3 Å². The maximum absolute atomic E-state index is 12.2. The standard InChI is InChI=1S/C14H23ClN4O2/c1-16-9-11-3-5-18(6-4-11)12-10-17-19(7-8-21-2)14(20)13(12)15/h10-11,16H,3-9H2,1-2H3. The number of rotatable bonds is 6. The molecule has 1 N–H and O–H groups in total. The van der Waals surface area contributed by atoms with Crippen molar-refractivity contribution in [1.29, 1.82) is 0 Å². The second-order valence-electron chi connectivity index (χ2n) is 5.35. The largest absolute Gasteiger partial charge is 0.383 e. The minimum absolute atomic E-state index is 0.247. The molecule has 1 fully saturated rings. The number of ether oxygens (including phenoxy) is 1. The average Bonchev–Trinajstić information content (AvgIpc) is 2.50. The van der Waals surface area contributed by atoms with E-state index in [0.717, 1.165) is 38.2 Å². The van der Waals surface area contributed by atoms with Gasteiger partial charge >= 0.3 is 0 Å². The van der Waals surface area contributed by atoms with Gasteiger partial charge in [-0.2, -0.15) is 5.10 Å². The number of anilines is 1. The van der Waals surface area contributed by atoms with Gasteiger partial charge in [0.1, 0.15) is 5.02 Å². The Hall–Kier alpha value is -1.11. The second kappa shape index (κ2) is 7.77. The maximum Gasteiger partial charge on any atom is 0.287 e. The normalized spacial score (nSPS) is 16.4. The molecule has 0 aromatic carbocycles. The summed E-state index contributed by atoms with van der Waals surface area (Å²) in [7, 11) is 3.57. The zero-order valence-corrected chi connectivity index (χ0v) is 13.4. The van der Waals surface area contributed by atoms with Crippen LogP contribution in [0.4, 0.5) is 5.69 Å². The van der Waals surface area contributed by atoms with E-state index in [9.17, 15) is 4.79 Å². The fraction of sp³-hybridized carbons (Fsp3) is 0.714. The van der Waals surface area contributed by atoms with E-state index < -0.39 is 0 Å². The molecular weight excluding hydrogens is 292 g/mol. The minimum atomic E-state index is -0.247. The van der Waals surface area contributed by atoms with Crippen molar-refractivity contribution in [2.75, 3.05) is 45.3 Å². The van der Waals surface area contributed by atoms with Crippen molar-refractivity contribution in [2.45, 2.75) is 19.4 Å². The van der Waals surface area contributed by atoms with E-state index >= 15 is 0 Å². The number of piperidine rings is 1. The summed E-state index contributed by atoms with van der Waals surface area (Å²) < 4.78 is 6.31. The molecule has 0 aliphatic carbocycles. The lowest BCUT2D eigenvalue weighted by molar-refractivity contribution is 0.182. The highest BCUT2D eigenvalue weighted by Crippen LogP contribution is 2.26. The number of hydrogen-bond donors (Lipinski definition) is 1. The maximum atomic E-state index is 12.2. The lowest BCUT2D eigenvalue weighted by Crippen LogP contribution is -2.38. The van der Waals surface area contributed by atoms with Crippen molar-refractivity contribution in [3.8, 4) is 0 Å². The molecule has 0 radical (unpaired) electrons. The van der Waals surface area contributed by atoms with E-state index in [0.29, 0.717) is 19.1 Å². The molecule has 21 heavy (non-hydrogen) atoms. The Labute approximate surface area is 130 Å². The fourth-order valence-electron chi connectivity index (χ4n) is 2.68. The smallest absolute Gasteiger partial charge is 0.287 e. The Morgan fingerprint density at radius 2 is 2.19 bits per heavy atom. The van der Waals surface area contributed by atoms with Crippen LogP contribution in [-0.4, -0.2) is 50.2 Å². The summed E-state index contributed by atoms with van der Waals surface area (Å²) in [5.74, 6) is 0.694. The number of aromatic nitrogens is 2. The van der Waals surface area contributed by atoms with Crippen molar-refractivity contribution >= 4 is 17.3 Å². The highest BCUT2D eigenvalue weighted by atomic mass is 35.5. The molecule has 0 amide bonds. The van der Waals surface area contributed by atoms with Crippen LogP contribution in [0.25, 0.3) is 0 Å². The first-order valence-electron chi connectivity index (χ1n) is 7.31. The van der Waals surface area contributed by atoms with Gasteiger partial charge in [0, 0.05) is 20.2 Å². The lowest BCUT2D eigenvalue weighted by Gasteiger charge is -2.33. The van der Waals surface area contributed by atoms with Crippen LogP contribution in [0.3, 0.4) is 0 Å². The zero-order valence-electron chi connectivity index (χ0n) is 12.6. The van der Waals surface area contributed by atoms with Gasteiger partial charge in [-0.05, 0) is 32.4 Å². The van der Waals surface area contributed by atoms with Gasteiger partial charge in [0.05, 0.1) is 25.0 Å². The van der Waals surface area contributed by atoms with Crippen LogP contribution < -0.4 is 15.8 Å². The van der Waals surface area contributed by atoms with Crippen molar-refractivity contribution in [3.05, 3.63) is 21.6 Å². The molecule has 1 aromatic heterocycles. The predicted octanol–water partition coefficient (Wildman–Crippen LogP) is 0.979. The molecule has 0 spiro atoms. The summed E-state index contributed by atoms with van der Waals surface area (Å²) in [4.78, 5) is 14.3. The first-order valence-corrected chi connectivity index (χ1v) is 7.69. The number of halogens is 1. The quantitative estimate of drug-likeness (QED) is 0.848. The summed E-state index contributed by atoms with van der Waals surface area (Å²) in [6.07, 6.45) is 3.89. The Balaban J connectivity index is 2.08. The lowest BCUT2D eigenvalue weighted by atomic mass is 9.96. The Morgan fingerprint density at radius 1 is 1.48 bits per heavy atom.